The Balaban J connectivity index is 2.25. The molecule has 6 heteroatoms. The van der Waals surface area contributed by atoms with E-state index in [0.29, 0.717) is 11.3 Å². The van der Waals surface area contributed by atoms with Gasteiger partial charge in [-0.3, -0.25) is 14.5 Å². The first kappa shape index (κ1) is 20.9. The Morgan fingerprint density at radius 3 is 2.24 bits per heavy atom. The highest BCUT2D eigenvalue weighted by Crippen LogP contribution is 2.44. The number of hydrogen-bond donors (Lipinski definition) is 2. The van der Waals surface area contributed by atoms with E-state index in [9.17, 15) is 19.8 Å². The van der Waals surface area contributed by atoms with E-state index < -0.39 is 23.1 Å². The second kappa shape index (κ2) is 7.23. The summed E-state index contributed by atoms with van der Waals surface area (Å²) in [5, 5.41) is 20.6. The zero-order valence-electron chi connectivity index (χ0n) is 17.1. The lowest BCUT2D eigenvalue weighted by molar-refractivity contribution is -0.123. The third-order valence-electron chi connectivity index (χ3n) is 5.19. The minimum Gasteiger partial charge on any atom is -0.506 e. The number of aliphatic hydroxyl groups is 1. The minimum atomic E-state index is -0.852. The van der Waals surface area contributed by atoms with Crippen LogP contribution in [-0.4, -0.2) is 21.9 Å². The van der Waals surface area contributed by atoms with Crippen molar-refractivity contribution in [2.24, 2.45) is 5.41 Å². The van der Waals surface area contributed by atoms with Gasteiger partial charge in [0.2, 0.25) is 0 Å². The number of carbonyl (C=O) groups excluding carboxylic acids is 2. The van der Waals surface area contributed by atoms with Crippen LogP contribution in [0, 0.1) is 19.3 Å². The lowest BCUT2D eigenvalue weighted by Crippen LogP contribution is -2.32. The largest absolute Gasteiger partial charge is 0.506 e. The molecule has 1 heterocycles. The first-order chi connectivity index (χ1) is 13.4. The van der Waals surface area contributed by atoms with Crippen molar-refractivity contribution in [1.82, 2.24) is 0 Å². The van der Waals surface area contributed by atoms with Gasteiger partial charge in [-0.1, -0.05) is 44.5 Å². The highest BCUT2D eigenvalue weighted by Gasteiger charge is 2.46. The molecule has 5 nitrogen and oxygen atoms in total. The minimum absolute atomic E-state index is 0.0301. The molecule has 0 radical (unpaired) electrons. The summed E-state index contributed by atoms with van der Waals surface area (Å²) in [6, 6.07) is 9.19. The number of anilines is 1. The van der Waals surface area contributed by atoms with Crippen molar-refractivity contribution in [1.29, 1.82) is 0 Å². The molecule has 2 aromatic carbocycles. The summed E-state index contributed by atoms with van der Waals surface area (Å²) in [6.45, 7) is 9.10. The van der Waals surface area contributed by atoms with Gasteiger partial charge in [-0.05, 0) is 54.8 Å². The number of benzene rings is 2. The summed E-state index contributed by atoms with van der Waals surface area (Å²) in [6.07, 6.45) is 0. The van der Waals surface area contributed by atoms with E-state index in [1.807, 2.05) is 26.0 Å². The van der Waals surface area contributed by atoms with Gasteiger partial charge in [0.1, 0.15) is 5.75 Å². The van der Waals surface area contributed by atoms with Gasteiger partial charge in [0.25, 0.3) is 5.91 Å². The molecular formula is C23H24ClNO4. The number of rotatable bonds is 3. The maximum Gasteiger partial charge on any atom is 0.294 e. The lowest BCUT2D eigenvalue weighted by atomic mass is 9.82. The predicted octanol–water partition coefficient (Wildman–Crippen LogP) is 5.18. The number of ketones is 1. The van der Waals surface area contributed by atoms with Crippen LogP contribution in [0.25, 0.3) is 0 Å². The fourth-order valence-electron chi connectivity index (χ4n) is 3.39. The molecule has 0 saturated carbocycles. The number of phenolic OH excluding ortho intramolecular Hbond substituents is 1. The molecule has 1 aliphatic rings. The average Bonchev–Trinajstić information content (AvgIpc) is 2.89. The fraction of sp³-hybridized carbons (Fsp3) is 0.304. The monoisotopic (exact) mass is 413 g/mol. The Bertz CT molecular complexity index is 1050. The molecule has 1 aliphatic heterocycles. The number of amides is 1. The number of aryl methyl sites for hydroxylation is 2. The molecular weight excluding hydrogens is 390 g/mol. The molecule has 0 aromatic heterocycles. The van der Waals surface area contributed by atoms with Gasteiger partial charge < -0.3 is 10.2 Å². The van der Waals surface area contributed by atoms with E-state index in [4.69, 9.17) is 11.6 Å². The number of carbonyl (C=O) groups is 2. The molecule has 0 bridgehead atoms. The van der Waals surface area contributed by atoms with Crippen molar-refractivity contribution in [2.45, 2.75) is 40.7 Å². The van der Waals surface area contributed by atoms with Gasteiger partial charge >= 0.3 is 0 Å². The molecule has 0 saturated heterocycles. The van der Waals surface area contributed by atoms with E-state index in [0.717, 1.165) is 11.1 Å². The second-order valence-corrected chi connectivity index (χ2v) is 8.81. The third kappa shape index (κ3) is 3.62. The lowest BCUT2D eigenvalue weighted by Gasteiger charge is -2.29. The number of nitrogens with zero attached hydrogens (tertiary/aromatic N) is 1. The van der Waals surface area contributed by atoms with Gasteiger partial charge in [-0.2, -0.15) is 0 Å². The summed E-state index contributed by atoms with van der Waals surface area (Å²) in [7, 11) is 0. The standard InChI is InChI=1S/C23H24ClNO4/c1-12-6-8-15(10-13(12)2)25-19(14-7-9-17(26)16(24)11-14)18(20(27)22(25)29)21(28)23(3,4)5/h6-11,19,26-27H,1-5H3. The van der Waals surface area contributed by atoms with Crippen molar-refractivity contribution in [3.8, 4) is 5.75 Å². The van der Waals surface area contributed by atoms with E-state index >= 15 is 0 Å². The van der Waals surface area contributed by atoms with Crippen LogP contribution < -0.4 is 4.90 Å². The van der Waals surface area contributed by atoms with Gasteiger partial charge in [-0.15, -0.1) is 0 Å². The molecule has 2 aromatic rings. The van der Waals surface area contributed by atoms with E-state index in [1.54, 1.807) is 32.9 Å². The average molecular weight is 414 g/mol. The third-order valence-corrected chi connectivity index (χ3v) is 5.49. The van der Waals surface area contributed by atoms with Gasteiger partial charge in [0.15, 0.2) is 11.5 Å². The highest BCUT2D eigenvalue weighted by atomic mass is 35.5. The SMILES string of the molecule is Cc1ccc(N2C(=O)C(O)=C(C(=O)C(C)(C)C)C2c2ccc(O)c(Cl)c2)cc1C. The van der Waals surface area contributed by atoms with Gasteiger partial charge in [-0.25, -0.2) is 0 Å². The highest BCUT2D eigenvalue weighted by molar-refractivity contribution is 6.32. The number of aliphatic hydroxyl groups excluding tert-OH is 1. The van der Waals surface area contributed by atoms with Crippen LogP contribution in [0.2, 0.25) is 5.02 Å². The van der Waals surface area contributed by atoms with Crippen LogP contribution in [-0.2, 0) is 9.59 Å². The topological polar surface area (TPSA) is 77.8 Å². The van der Waals surface area contributed by atoms with Crippen molar-refractivity contribution in [3.63, 3.8) is 0 Å². The normalized spacial score (nSPS) is 17.2. The van der Waals surface area contributed by atoms with Crippen molar-refractivity contribution >= 4 is 29.0 Å². The molecule has 0 aliphatic carbocycles. The summed E-state index contributed by atoms with van der Waals surface area (Å²) < 4.78 is 0. The molecule has 29 heavy (non-hydrogen) atoms. The Morgan fingerprint density at radius 2 is 1.69 bits per heavy atom. The number of aromatic hydroxyl groups is 1. The predicted molar refractivity (Wildman–Crippen MR) is 113 cm³/mol. The zero-order chi connectivity index (χ0) is 21.7. The Morgan fingerprint density at radius 1 is 1.03 bits per heavy atom. The first-order valence-electron chi connectivity index (χ1n) is 9.30. The first-order valence-corrected chi connectivity index (χ1v) is 9.68. The zero-order valence-corrected chi connectivity index (χ0v) is 17.8. The van der Waals surface area contributed by atoms with Crippen molar-refractivity contribution < 1.29 is 19.8 Å². The molecule has 0 fully saturated rings. The van der Waals surface area contributed by atoms with Crippen LogP contribution in [0.1, 0.15) is 43.5 Å². The van der Waals surface area contributed by atoms with E-state index in [1.165, 1.54) is 17.0 Å². The van der Waals surface area contributed by atoms with E-state index in [-0.39, 0.29) is 22.1 Å². The molecule has 1 unspecified atom stereocenters. The summed E-state index contributed by atoms with van der Waals surface area (Å²) in [5.41, 5.74) is 2.36. The van der Waals surface area contributed by atoms with Gasteiger partial charge in [0.05, 0.1) is 16.6 Å². The van der Waals surface area contributed by atoms with Crippen LogP contribution in [0.5, 0.6) is 5.75 Å². The number of hydrogen-bond acceptors (Lipinski definition) is 4. The smallest absolute Gasteiger partial charge is 0.294 e. The molecule has 3 rings (SSSR count). The number of Topliss-reactive ketones (excluding diaryl/α,β-unsaturated/α-hetero) is 1. The Labute approximate surface area is 175 Å². The van der Waals surface area contributed by atoms with Crippen LogP contribution in [0.15, 0.2) is 47.7 Å². The summed E-state index contributed by atoms with van der Waals surface area (Å²) >= 11 is 6.11. The number of halogens is 1. The quantitative estimate of drug-likeness (QED) is 0.726. The maximum atomic E-state index is 13.2. The Hall–Kier alpha value is -2.79. The van der Waals surface area contributed by atoms with Crippen LogP contribution in [0.3, 0.4) is 0 Å². The molecule has 1 amide bonds. The molecule has 152 valence electrons. The van der Waals surface area contributed by atoms with Crippen molar-refractivity contribution in [2.75, 3.05) is 4.90 Å². The molecule has 1 atom stereocenters. The van der Waals surface area contributed by atoms with Gasteiger partial charge in [0, 0.05) is 11.1 Å². The number of phenols is 1. The summed E-state index contributed by atoms with van der Waals surface area (Å²) in [4.78, 5) is 27.6. The van der Waals surface area contributed by atoms with Crippen LogP contribution in [0.4, 0.5) is 5.69 Å². The van der Waals surface area contributed by atoms with Crippen LogP contribution >= 0.6 is 11.6 Å². The molecule has 0 spiro atoms. The second-order valence-electron chi connectivity index (χ2n) is 8.40. The van der Waals surface area contributed by atoms with E-state index in [2.05, 4.69) is 0 Å². The van der Waals surface area contributed by atoms with Crippen molar-refractivity contribution in [3.05, 3.63) is 69.4 Å². The maximum absolute atomic E-state index is 13.2. The molecule has 2 N–H and O–H groups in total. The Kier molecular flexibility index (Phi) is 5.22. The summed E-state index contributed by atoms with van der Waals surface area (Å²) in [5.74, 6) is -1.63. The fourth-order valence-corrected chi connectivity index (χ4v) is 3.58.